The Kier molecular flexibility index (Phi) is 3.62. The van der Waals surface area contributed by atoms with Crippen LogP contribution < -0.4 is 0 Å². The highest BCUT2D eigenvalue weighted by molar-refractivity contribution is 9.10. The fraction of sp³-hybridized carbons (Fsp3) is 0.125. The lowest BCUT2D eigenvalue weighted by atomic mass is 10.1. The number of hydrogen-bond acceptors (Lipinski definition) is 2. The molecule has 0 aliphatic heterocycles. The van der Waals surface area contributed by atoms with E-state index in [1.807, 2.05) is 0 Å². The van der Waals surface area contributed by atoms with E-state index in [2.05, 4.69) is 21.1 Å². The molecule has 0 saturated heterocycles. The lowest BCUT2D eigenvalue weighted by Gasteiger charge is -2.08. The van der Waals surface area contributed by atoms with Crippen LogP contribution in [-0.2, 0) is 6.18 Å². The van der Waals surface area contributed by atoms with E-state index in [0.29, 0.717) is 4.47 Å². The molecule has 0 atom stereocenters. The van der Waals surface area contributed by atoms with Crippen LogP contribution >= 0.6 is 27.5 Å². The Labute approximate surface area is 96.5 Å². The van der Waals surface area contributed by atoms with Crippen molar-refractivity contribution in [3.8, 4) is 0 Å². The second-order valence-electron chi connectivity index (χ2n) is 2.58. The van der Waals surface area contributed by atoms with Gasteiger partial charge >= 0.3 is 6.18 Å². The summed E-state index contributed by atoms with van der Waals surface area (Å²) in [4.78, 5) is 0. The van der Waals surface area contributed by atoms with Gasteiger partial charge in [0.15, 0.2) is 5.17 Å². The van der Waals surface area contributed by atoms with E-state index < -0.39 is 16.9 Å². The zero-order valence-corrected chi connectivity index (χ0v) is 9.36. The molecule has 0 aromatic heterocycles. The average molecular weight is 302 g/mol. The van der Waals surface area contributed by atoms with Crippen LogP contribution in [0.2, 0.25) is 0 Å². The zero-order valence-electron chi connectivity index (χ0n) is 7.02. The topological polar surface area (TPSA) is 32.6 Å². The third-order valence-corrected chi connectivity index (χ3v) is 2.57. The second kappa shape index (κ2) is 4.40. The zero-order chi connectivity index (χ0) is 11.6. The predicted octanol–water partition coefficient (Wildman–Crippen LogP) is 3.84. The van der Waals surface area contributed by atoms with E-state index in [1.165, 1.54) is 6.07 Å². The third kappa shape index (κ3) is 2.85. The minimum atomic E-state index is -4.46. The van der Waals surface area contributed by atoms with Gasteiger partial charge < -0.3 is 5.21 Å². The summed E-state index contributed by atoms with van der Waals surface area (Å²) in [6.45, 7) is 0. The van der Waals surface area contributed by atoms with Gasteiger partial charge in [-0.25, -0.2) is 0 Å². The van der Waals surface area contributed by atoms with Crippen molar-refractivity contribution in [2.75, 3.05) is 0 Å². The van der Waals surface area contributed by atoms with Gasteiger partial charge in [-0.2, -0.15) is 13.2 Å². The second-order valence-corrected chi connectivity index (χ2v) is 3.80. The molecular weight excluding hydrogens is 298 g/mol. The number of nitrogens with zero attached hydrogens (tertiary/aromatic N) is 1. The Hall–Kier alpha value is -0.750. The van der Waals surface area contributed by atoms with Gasteiger partial charge in [-0.3, -0.25) is 0 Å². The number of alkyl halides is 3. The lowest BCUT2D eigenvalue weighted by Crippen LogP contribution is -2.06. The number of oxime groups is 1. The molecule has 1 aromatic carbocycles. The summed E-state index contributed by atoms with van der Waals surface area (Å²) < 4.78 is 37.2. The van der Waals surface area contributed by atoms with Gasteiger partial charge in [0.1, 0.15) is 0 Å². The number of halogens is 5. The van der Waals surface area contributed by atoms with E-state index in [1.54, 1.807) is 0 Å². The maximum Gasteiger partial charge on any atom is 0.416 e. The molecule has 0 saturated carbocycles. The van der Waals surface area contributed by atoms with Crippen LogP contribution in [0.15, 0.2) is 27.8 Å². The summed E-state index contributed by atoms with van der Waals surface area (Å²) in [5, 5.41) is 10.6. The van der Waals surface area contributed by atoms with E-state index in [4.69, 9.17) is 16.8 Å². The normalized spacial score (nSPS) is 13.0. The molecule has 1 N–H and O–H groups in total. The molecule has 1 aromatic rings. The first-order valence-corrected chi connectivity index (χ1v) is 4.78. The van der Waals surface area contributed by atoms with Gasteiger partial charge in [-0.15, -0.1) is 0 Å². The Balaban J connectivity index is 3.29. The number of benzene rings is 1. The molecule has 0 aliphatic rings. The summed E-state index contributed by atoms with van der Waals surface area (Å²) >= 11 is 8.42. The van der Waals surface area contributed by atoms with Crippen LogP contribution in [0.1, 0.15) is 11.1 Å². The summed E-state index contributed by atoms with van der Waals surface area (Å²) in [5.74, 6) is 0. The van der Waals surface area contributed by atoms with E-state index >= 15 is 0 Å². The van der Waals surface area contributed by atoms with Crippen LogP contribution in [0.25, 0.3) is 0 Å². The molecule has 2 nitrogen and oxygen atoms in total. The molecule has 0 bridgehead atoms. The van der Waals surface area contributed by atoms with Crippen LogP contribution in [0, 0.1) is 0 Å². The Morgan fingerprint density at radius 3 is 2.47 bits per heavy atom. The first-order chi connectivity index (χ1) is 6.86. The van der Waals surface area contributed by atoms with Crippen molar-refractivity contribution in [3.05, 3.63) is 33.8 Å². The fourth-order valence-electron chi connectivity index (χ4n) is 0.914. The monoisotopic (exact) mass is 301 g/mol. The minimum absolute atomic E-state index is 0.0195. The quantitative estimate of drug-likeness (QED) is 0.477. The van der Waals surface area contributed by atoms with Crippen molar-refractivity contribution >= 4 is 32.7 Å². The van der Waals surface area contributed by atoms with E-state index in [-0.39, 0.29) is 5.56 Å². The Morgan fingerprint density at radius 1 is 1.40 bits per heavy atom. The fourth-order valence-corrected chi connectivity index (χ4v) is 1.62. The van der Waals surface area contributed by atoms with Crippen molar-refractivity contribution in [1.82, 2.24) is 0 Å². The van der Waals surface area contributed by atoms with Crippen LogP contribution in [0.5, 0.6) is 0 Å². The SMILES string of the molecule is O/N=C(/Cl)c1cc(C(F)(F)F)ccc1Br. The predicted molar refractivity (Wildman–Crippen MR) is 53.3 cm³/mol. The van der Waals surface area contributed by atoms with Crippen LogP contribution in [0.4, 0.5) is 13.2 Å². The average Bonchev–Trinajstić information content (AvgIpc) is 2.15. The summed E-state index contributed by atoms with van der Waals surface area (Å²) in [6, 6.07) is 2.88. The van der Waals surface area contributed by atoms with Crippen molar-refractivity contribution in [2.24, 2.45) is 5.16 Å². The molecule has 0 spiro atoms. The molecule has 0 unspecified atom stereocenters. The van der Waals surface area contributed by atoms with Crippen molar-refractivity contribution in [2.45, 2.75) is 6.18 Å². The highest BCUT2D eigenvalue weighted by Crippen LogP contribution is 2.32. The smallest absolute Gasteiger partial charge is 0.410 e. The minimum Gasteiger partial charge on any atom is -0.410 e. The molecular formula is C8H4BrClF3NO. The highest BCUT2D eigenvalue weighted by atomic mass is 79.9. The number of hydrogen-bond donors (Lipinski definition) is 1. The number of rotatable bonds is 1. The van der Waals surface area contributed by atoms with Crippen molar-refractivity contribution in [3.63, 3.8) is 0 Å². The van der Waals surface area contributed by atoms with Crippen molar-refractivity contribution in [1.29, 1.82) is 0 Å². The summed E-state index contributed by atoms with van der Waals surface area (Å²) in [5.41, 5.74) is -0.878. The molecule has 0 amide bonds. The van der Waals surface area contributed by atoms with E-state index in [9.17, 15) is 13.2 Å². The molecule has 82 valence electrons. The molecule has 1 rings (SSSR count). The molecule has 0 aliphatic carbocycles. The maximum atomic E-state index is 12.3. The highest BCUT2D eigenvalue weighted by Gasteiger charge is 2.31. The molecule has 0 fully saturated rings. The summed E-state index contributed by atoms with van der Waals surface area (Å²) in [7, 11) is 0. The van der Waals surface area contributed by atoms with Gasteiger partial charge in [0, 0.05) is 10.0 Å². The van der Waals surface area contributed by atoms with Gasteiger partial charge in [0.25, 0.3) is 0 Å². The van der Waals surface area contributed by atoms with Crippen LogP contribution in [-0.4, -0.2) is 10.4 Å². The van der Waals surface area contributed by atoms with Gasteiger partial charge in [-0.1, -0.05) is 32.7 Å². The Morgan fingerprint density at radius 2 is 2.00 bits per heavy atom. The van der Waals surface area contributed by atoms with Gasteiger partial charge in [-0.05, 0) is 18.2 Å². The third-order valence-electron chi connectivity index (χ3n) is 1.60. The first kappa shape index (κ1) is 12.3. The van der Waals surface area contributed by atoms with Crippen molar-refractivity contribution < 1.29 is 18.4 Å². The molecule has 7 heteroatoms. The molecule has 0 radical (unpaired) electrons. The summed E-state index contributed by atoms with van der Waals surface area (Å²) in [6.07, 6.45) is -4.46. The molecule has 0 heterocycles. The Bertz CT molecular complexity index is 405. The largest absolute Gasteiger partial charge is 0.416 e. The van der Waals surface area contributed by atoms with Gasteiger partial charge in [0.2, 0.25) is 0 Å². The standard InChI is InChI=1S/C8H4BrClF3NO/c9-6-2-1-4(8(11,12)13)3-5(6)7(10)14-15/h1-3,15H/b14-7+. The first-order valence-electron chi connectivity index (χ1n) is 3.61. The van der Waals surface area contributed by atoms with E-state index in [0.717, 1.165) is 12.1 Å². The molecule has 15 heavy (non-hydrogen) atoms. The lowest BCUT2D eigenvalue weighted by molar-refractivity contribution is -0.137. The van der Waals surface area contributed by atoms with Crippen LogP contribution in [0.3, 0.4) is 0 Å². The maximum absolute atomic E-state index is 12.3. The van der Waals surface area contributed by atoms with Gasteiger partial charge in [0.05, 0.1) is 5.56 Å².